The van der Waals surface area contributed by atoms with Crippen molar-refractivity contribution < 1.29 is 14.4 Å². The summed E-state index contributed by atoms with van der Waals surface area (Å²) in [5, 5.41) is 0. The van der Waals surface area contributed by atoms with Crippen molar-refractivity contribution in [1.82, 2.24) is 0 Å². The van der Waals surface area contributed by atoms with Crippen molar-refractivity contribution in [2.75, 3.05) is 0 Å². The van der Waals surface area contributed by atoms with E-state index in [1.807, 2.05) is 0 Å². The number of hydrogen-bond acceptors (Lipinski definition) is 3. The third kappa shape index (κ3) is 1.71. The van der Waals surface area contributed by atoms with Crippen LogP contribution in [0.2, 0.25) is 0 Å². The van der Waals surface area contributed by atoms with Crippen LogP contribution >= 0.6 is 0 Å². The molecule has 0 heterocycles. The third-order valence-corrected chi connectivity index (χ3v) is 3.32. The van der Waals surface area contributed by atoms with Gasteiger partial charge in [-0.05, 0) is 5.56 Å². The molecule has 0 N–H and O–H groups in total. The fourth-order valence-corrected chi connectivity index (χ4v) is 2.39. The van der Waals surface area contributed by atoms with Crippen molar-refractivity contribution in [1.29, 1.82) is 0 Å². The third-order valence-electron chi connectivity index (χ3n) is 3.32. The van der Waals surface area contributed by atoms with Gasteiger partial charge in [0, 0.05) is 11.1 Å². The van der Waals surface area contributed by atoms with Gasteiger partial charge < -0.3 is 0 Å². The van der Waals surface area contributed by atoms with Crippen molar-refractivity contribution >= 4 is 17.3 Å². The molecular formula is C16H10O3. The Morgan fingerprint density at radius 1 is 0.842 bits per heavy atom. The highest BCUT2D eigenvalue weighted by Crippen LogP contribution is 2.32. The Labute approximate surface area is 109 Å². The summed E-state index contributed by atoms with van der Waals surface area (Å²) in [6, 6.07) is 15.3. The van der Waals surface area contributed by atoms with E-state index in [0.29, 0.717) is 16.7 Å². The topological polar surface area (TPSA) is 51.2 Å². The Bertz CT molecular complexity index is 686. The predicted octanol–water partition coefficient (Wildman–Crippen LogP) is 2.42. The molecule has 0 saturated carbocycles. The Morgan fingerprint density at radius 3 is 2.21 bits per heavy atom. The molecule has 0 radical (unpaired) electrons. The SMILES string of the molecule is O=C1C(=O)C(C(=O)c2ccccc2)c2ccccc21. The number of carbonyl (C=O) groups excluding carboxylic acids is 3. The fraction of sp³-hybridized carbons (Fsp3) is 0.0625. The standard InChI is InChI=1S/C16H10O3/c17-14(10-6-2-1-3-7-10)13-11-8-4-5-9-12(11)15(18)16(13)19/h1-9,13H. The van der Waals surface area contributed by atoms with E-state index >= 15 is 0 Å². The number of hydrogen-bond donors (Lipinski definition) is 0. The van der Waals surface area contributed by atoms with Gasteiger partial charge in [-0.25, -0.2) is 0 Å². The van der Waals surface area contributed by atoms with Crippen LogP contribution < -0.4 is 0 Å². The molecule has 3 nitrogen and oxygen atoms in total. The maximum absolute atomic E-state index is 12.4. The Hall–Kier alpha value is -2.55. The Balaban J connectivity index is 2.09. The summed E-state index contributed by atoms with van der Waals surface area (Å²) >= 11 is 0. The normalized spacial score (nSPS) is 17.4. The van der Waals surface area contributed by atoms with Gasteiger partial charge >= 0.3 is 0 Å². The van der Waals surface area contributed by atoms with Gasteiger partial charge in [0.15, 0.2) is 5.78 Å². The molecule has 0 saturated heterocycles. The van der Waals surface area contributed by atoms with Crippen LogP contribution in [0, 0.1) is 0 Å². The Morgan fingerprint density at radius 2 is 1.47 bits per heavy atom. The first-order chi connectivity index (χ1) is 9.20. The van der Waals surface area contributed by atoms with E-state index in [2.05, 4.69) is 0 Å². The van der Waals surface area contributed by atoms with E-state index in [0.717, 1.165) is 0 Å². The molecular weight excluding hydrogens is 240 g/mol. The molecule has 2 aromatic rings. The molecule has 1 aliphatic carbocycles. The van der Waals surface area contributed by atoms with Crippen LogP contribution in [0.4, 0.5) is 0 Å². The number of Topliss-reactive ketones (excluding diaryl/α,β-unsaturated/α-hetero) is 3. The van der Waals surface area contributed by atoms with Gasteiger partial charge in [-0.15, -0.1) is 0 Å². The van der Waals surface area contributed by atoms with Gasteiger partial charge in [-0.3, -0.25) is 14.4 Å². The van der Waals surface area contributed by atoms with Crippen LogP contribution in [0.3, 0.4) is 0 Å². The molecule has 0 amide bonds. The summed E-state index contributed by atoms with van der Waals surface area (Å²) < 4.78 is 0. The van der Waals surface area contributed by atoms with Crippen molar-refractivity contribution in [3.05, 3.63) is 71.3 Å². The largest absolute Gasteiger partial charge is 0.293 e. The van der Waals surface area contributed by atoms with E-state index in [-0.39, 0.29) is 5.78 Å². The summed E-state index contributed by atoms with van der Waals surface area (Å²) in [5.41, 5.74) is 1.32. The molecule has 1 aliphatic rings. The average Bonchev–Trinajstić information content (AvgIpc) is 2.72. The molecule has 0 aliphatic heterocycles. The second-order valence-electron chi connectivity index (χ2n) is 4.44. The van der Waals surface area contributed by atoms with Crippen LogP contribution in [0.1, 0.15) is 32.2 Å². The highest BCUT2D eigenvalue weighted by atomic mass is 16.2. The van der Waals surface area contributed by atoms with Gasteiger partial charge in [0.1, 0.15) is 5.92 Å². The van der Waals surface area contributed by atoms with E-state index in [1.54, 1.807) is 54.6 Å². The molecule has 2 aromatic carbocycles. The average molecular weight is 250 g/mol. The summed E-state index contributed by atoms with van der Waals surface area (Å²) in [6.07, 6.45) is 0. The zero-order valence-corrected chi connectivity index (χ0v) is 10.00. The maximum Gasteiger partial charge on any atom is 0.230 e. The summed E-state index contributed by atoms with van der Waals surface area (Å²) in [4.78, 5) is 36.2. The summed E-state index contributed by atoms with van der Waals surface area (Å²) in [7, 11) is 0. The molecule has 0 spiro atoms. The van der Waals surface area contributed by atoms with E-state index in [1.165, 1.54) is 0 Å². The molecule has 1 atom stereocenters. The summed E-state index contributed by atoms with van der Waals surface area (Å²) in [6.45, 7) is 0. The fourth-order valence-electron chi connectivity index (χ4n) is 2.39. The lowest BCUT2D eigenvalue weighted by Crippen LogP contribution is -2.20. The first-order valence-electron chi connectivity index (χ1n) is 5.97. The van der Waals surface area contributed by atoms with E-state index in [4.69, 9.17) is 0 Å². The molecule has 19 heavy (non-hydrogen) atoms. The second kappa shape index (κ2) is 4.28. The van der Waals surface area contributed by atoms with Crippen molar-refractivity contribution in [3.8, 4) is 0 Å². The molecule has 3 rings (SSSR count). The first kappa shape index (κ1) is 11.5. The number of benzene rings is 2. The second-order valence-corrected chi connectivity index (χ2v) is 4.44. The van der Waals surface area contributed by atoms with Crippen LogP contribution in [0.15, 0.2) is 54.6 Å². The van der Waals surface area contributed by atoms with E-state index < -0.39 is 17.5 Å². The van der Waals surface area contributed by atoms with Crippen LogP contribution in [0.25, 0.3) is 0 Å². The zero-order chi connectivity index (χ0) is 13.4. The van der Waals surface area contributed by atoms with Crippen molar-refractivity contribution in [2.24, 2.45) is 0 Å². The number of fused-ring (bicyclic) bond motifs is 1. The van der Waals surface area contributed by atoms with Crippen molar-refractivity contribution in [3.63, 3.8) is 0 Å². The van der Waals surface area contributed by atoms with Gasteiger partial charge in [0.25, 0.3) is 0 Å². The Kier molecular flexibility index (Phi) is 2.60. The number of ketones is 3. The highest BCUT2D eigenvalue weighted by Gasteiger charge is 2.42. The molecule has 0 aromatic heterocycles. The van der Waals surface area contributed by atoms with Crippen LogP contribution in [0.5, 0.6) is 0 Å². The number of carbonyl (C=O) groups is 3. The molecule has 0 bridgehead atoms. The lowest BCUT2D eigenvalue weighted by atomic mass is 9.91. The lowest BCUT2D eigenvalue weighted by molar-refractivity contribution is -0.115. The van der Waals surface area contributed by atoms with Gasteiger partial charge in [0.05, 0.1) is 0 Å². The van der Waals surface area contributed by atoms with Gasteiger partial charge in [-0.1, -0.05) is 54.6 Å². The minimum atomic E-state index is -0.980. The quantitative estimate of drug-likeness (QED) is 0.467. The molecule has 92 valence electrons. The molecule has 3 heteroatoms. The number of rotatable bonds is 2. The van der Waals surface area contributed by atoms with Crippen molar-refractivity contribution in [2.45, 2.75) is 5.92 Å². The van der Waals surface area contributed by atoms with Crippen LogP contribution in [-0.4, -0.2) is 17.3 Å². The summed E-state index contributed by atoms with van der Waals surface area (Å²) in [5.74, 6) is -2.49. The minimum absolute atomic E-state index is 0.316. The predicted molar refractivity (Wildman–Crippen MR) is 69.3 cm³/mol. The maximum atomic E-state index is 12.4. The van der Waals surface area contributed by atoms with Gasteiger partial charge in [-0.2, -0.15) is 0 Å². The zero-order valence-electron chi connectivity index (χ0n) is 10.00. The monoisotopic (exact) mass is 250 g/mol. The smallest absolute Gasteiger partial charge is 0.230 e. The minimum Gasteiger partial charge on any atom is -0.293 e. The molecule has 1 unspecified atom stereocenters. The highest BCUT2D eigenvalue weighted by molar-refractivity contribution is 6.53. The first-order valence-corrected chi connectivity index (χ1v) is 5.97. The molecule has 0 fully saturated rings. The van der Waals surface area contributed by atoms with E-state index in [9.17, 15) is 14.4 Å². The lowest BCUT2D eigenvalue weighted by Gasteiger charge is -2.08. The van der Waals surface area contributed by atoms with Gasteiger partial charge in [0.2, 0.25) is 11.6 Å². The van der Waals surface area contributed by atoms with Crippen LogP contribution in [-0.2, 0) is 4.79 Å².